The first-order valence-electron chi connectivity index (χ1n) is 7.41. The van der Waals surface area contributed by atoms with Gasteiger partial charge < -0.3 is 19.4 Å². The number of aryl methyl sites for hydroxylation is 2. The Labute approximate surface area is 129 Å². The Morgan fingerprint density at radius 1 is 1.36 bits per heavy atom. The summed E-state index contributed by atoms with van der Waals surface area (Å²) < 4.78 is 12.6. The average molecular weight is 301 g/mol. The fourth-order valence-corrected chi connectivity index (χ4v) is 2.42. The maximum atomic E-state index is 11.9. The van der Waals surface area contributed by atoms with Crippen LogP contribution in [0.1, 0.15) is 24.7 Å². The molecule has 22 heavy (non-hydrogen) atoms. The maximum absolute atomic E-state index is 11.9. The van der Waals surface area contributed by atoms with Crippen molar-refractivity contribution in [3.63, 3.8) is 0 Å². The number of nitrogens with zero attached hydrogens (tertiary/aromatic N) is 2. The molecule has 1 aromatic heterocycles. The molecule has 0 spiro atoms. The van der Waals surface area contributed by atoms with Crippen molar-refractivity contribution < 1.29 is 14.3 Å². The van der Waals surface area contributed by atoms with Crippen LogP contribution in [0.3, 0.4) is 0 Å². The third kappa shape index (κ3) is 3.21. The lowest BCUT2D eigenvalue weighted by molar-refractivity contribution is -0.121. The Morgan fingerprint density at radius 3 is 3.09 bits per heavy atom. The zero-order chi connectivity index (χ0) is 15.4. The molecule has 2 heterocycles. The monoisotopic (exact) mass is 301 g/mol. The van der Waals surface area contributed by atoms with Crippen molar-refractivity contribution in [1.29, 1.82) is 0 Å². The van der Waals surface area contributed by atoms with E-state index >= 15 is 0 Å². The van der Waals surface area contributed by atoms with Gasteiger partial charge in [-0.3, -0.25) is 4.79 Å². The predicted octanol–water partition coefficient (Wildman–Crippen LogP) is 1.88. The Kier molecular flexibility index (Phi) is 4.27. The van der Waals surface area contributed by atoms with Crippen LogP contribution < -0.4 is 14.8 Å². The highest BCUT2D eigenvalue weighted by Crippen LogP contribution is 2.32. The predicted molar refractivity (Wildman–Crippen MR) is 80.6 cm³/mol. The summed E-state index contributed by atoms with van der Waals surface area (Å²) in [5.41, 5.74) is 0.995. The van der Waals surface area contributed by atoms with Gasteiger partial charge in [-0.1, -0.05) is 13.0 Å². The summed E-state index contributed by atoms with van der Waals surface area (Å²) >= 11 is 0. The van der Waals surface area contributed by atoms with Crippen molar-refractivity contribution in [3.8, 4) is 11.5 Å². The van der Waals surface area contributed by atoms with Gasteiger partial charge in [0.1, 0.15) is 5.82 Å². The van der Waals surface area contributed by atoms with Gasteiger partial charge >= 0.3 is 0 Å². The summed E-state index contributed by atoms with van der Waals surface area (Å²) in [6, 6.07) is 5.69. The molecule has 1 aliphatic rings. The third-order valence-electron chi connectivity index (χ3n) is 3.62. The lowest BCUT2D eigenvalue weighted by Gasteiger charge is -2.08. The Morgan fingerprint density at radius 2 is 2.23 bits per heavy atom. The first-order chi connectivity index (χ1) is 10.8. The van der Waals surface area contributed by atoms with Gasteiger partial charge in [-0.2, -0.15) is 0 Å². The lowest BCUT2D eigenvalue weighted by atomic mass is 10.2. The van der Waals surface area contributed by atoms with E-state index in [9.17, 15) is 4.79 Å². The second kappa shape index (κ2) is 6.51. The molecule has 116 valence electrons. The number of benzene rings is 1. The van der Waals surface area contributed by atoms with Gasteiger partial charge in [0.25, 0.3) is 0 Å². The van der Waals surface area contributed by atoms with E-state index in [1.807, 2.05) is 29.0 Å². The normalized spacial score (nSPS) is 12.4. The smallest absolute Gasteiger partial charge is 0.231 e. The molecule has 6 nitrogen and oxygen atoms in total. The number of carbonyl (C=O) groups excluding carboxylic acids is 1. The molecule has 1 amide bonds. The molecule has 1 aromatic carbocycles. The average Bonchev–Trinajstić information content (AvgIpc) is 3.18. The number of hydrogen-bond donors (Lipinski definition) is 1. The van der Waals surface area contributed by atoms with Crippen LogP contribution >= 0.6 is 0 Å². The van der Waals surface area contributed by atoms with E-state index in [-0.39, 0.29) is 12.7 Å². The fraction of sp³-hybridized carbons (Fsp3) is 0.375. The van der Waals surface area contributed by atoms with Crippen molar-refractivity contribution >= 4 is 5.91 Å². The summed E-state index contributed by atoms with van der Waals surface area (Å²) in [4.78, 5) is 16.2. The maximum Gasteiger partial charge on any atom is 0.231 e. The quantitative estimate of drug-likeness (QED) is 0.885. The standard InChI is InChI=1S/C16H19N3O3/c1-2-15-17-6-8-19(15)7-5-16(20)18-10-12-3-4-13-14(9-12)22-11-21-13/h3-4,6,8-9H,2,5,7,10-11H2,1H3,(H,18,20). The van der Waals surface area contributed by atoms with Crippen LogP contribution in [0.25, 0.3) is 0 Å². The van der Waals surface area contributed by atoms with E-state index in [1.54, 1.807) is 6.20 Å². The van der Waals surface area contributed by atoms with E-state index in [0.29, 0.717) is 19.5 Å². The second-order valence-electron chi connectivity index (χ2n) is 5.10. The van der Waals surface area contributed by atoms with Gasteiger partial charge in [0, 0.05) is 38.3 Å². The molecule has 0 radical (unpaired) electrons. The molecule has 0 unspecified atom stereocenters. The van der Waals surface area contributed by atoms with Crippen LogP contribution in [0.4, 0.5) is 0 Å². The van der Waals surface area contributed by atoms with Crippen LogP contribution in [0.5, 0.6) is 11.5 Å². The van der Waals surface area contributed by atoms with Crippen molar-refractivity contribution in [3.05, 3.63) is 42.0 Å². The highest BCUT2D eigenvalue weighted by Gasteiger charge is 2.13. The van der Waals surface area contributed by atoms with E-state index in [0.717, 1.165) is 29.3 Å². The minimum Gasteiger partial charge on any atom is -0.454 e. The highest BCUT2D eigenvalue weighted by molar-refractivity contribution is 5.75. The molecule has 1 N–H and O–H groups in total. The number of fused-ring (bicyclic) bond motifs is 1. The van der Waals surface area contributed by atoms with Crippen molar-refractivity contribution in [2.45, 2.75) is 32.9 Å². The summed E-state index contributed by atoms with van der Waals surface area (Å²) in [5, 5.41) is 2.92. The van der Waals surface area contributed by atoms with Gasteiger partial charge in [0.05, 0.1) is 0 Å². The van der Waals surface area contributed by atoms with E-state index < -0.39 is 0 Å². The largest absolute Gasteiger partial charge is 0.454 e. The lowest BCUT2D eigenvalue weighted by Crippen LogP contribution is -2.24. The molecule has 0 saturated carbocycles. The molecule has 0 bridgehead atoms. The molecule has 0 aliphatic carbocycles. The van der Waals surface area contributed by atoms with Gasteiger partial charge in [0.15, 0.2) is 11.5 Å². The number of carbonyl (C=O) groups is 1. The third-order valence-corrected chi connectivity index (χ3v) is 3.62. The van der Waals surface area contributed by atoms with Gasteiger partial charge in [0.2, 0.25) is 12.7 Å². The molecule has 1 aliphatic heterocycles. The minimum atomic E-state index is 0.0217. The summed E-state index contributed by atoms with van der Waals surface area (Å²) in [7, 11) is 0. The minimum absolute atomic E-state index is 0.0217. The number of ether oxygens (including phenoxy) is 2. The topological polar surface area (TPSA) is 65.4 Å². The van der Waals surface area contributed by atoms with Crippen molar-refractivity contribution in [2.75, 3.05) is 6.79 Å². The Bertz CT molecular complexity index is 666. The van der Waals surface area contributed by atoms with Crippen LogP contribution in [0.2, 0.25) is 0 Å². The van der Waals surface area contributed by atoms with Crippen LogP contribution in [0, 0.1) is 0 Å². The summed E-state index contributed by atoms with van der Waals surface area (Å²) in [6.45, 7) is 3.45. The number of hydrogen-bond acceptors (Lipinski definition) is 4. The van der Waals surface area contributed by atoms with Crippen LogP contribution in [-0.4, -0.2) is 22.3 Å². The summed E-state index contributed by atoms with van der Waals surface area (Å²) in [5.74, 6) is 2.51. The molecule has 0 fully saturated rings. The number of rotatable bonds is 6. The second-order valence-corrected chi connectivity index (χ2v) is 5.10. The Balaban J connectivity index is 1.48. The fourth-order valence-electron chi connectivity index (χ4n) is 2.42. The highest BCUT2D eigenvalue weighted by atomic mass is 16.7. The van der Waals surface area contributed by atoms with Crippen molar-refractivity contribution in [2.24, 2.45) is 0 Å². The number of aromatic nitrogens is 2. The van der Waals surface area contributed by atoms with Gasteiger partial charge in [-0.15, -0.1) is 0 Å². The SMILES string of the molecule is CCc1nccn1CCC(=O)NCc1ccc2c(c1)OCO2. The molecular formula is C16H19N3O3. The molecule has 0 atom stereocenters. The number of imidazole rings is 1. The zero-order valence-electron chi connectivity index (χ0n) is 12.5. The molecule has 0 saturated heterocycles. The van der Waals surface area contributed by atoms with E-state index in [4.69, 9.17) is 9.47 Å². The Hall–Kier alpha value is -2.50. The van der Waals surface area contributed by atoms with E-state index in [1.165, 1.54) is 0 Å². The van der Waals surface area contributed by atoms with Crippen molar-refractivity contribution in [1.82, 2.24) is 14.9 Å². The van der Waals surface area contributed by atoms with Crippen LogP contribution in [-0.2, 0) is 24.3 Å². The first-order valence-corrected chi connectivity index (χ1v) is 7.41. The van der Waals surface area contributed by atoms with Crippen LogP contribution in [0.15, 0.2) is 30.6 Å². The first kappa shape index (κ1) is 14.4. The number of nitrogens with one attached hydrogen (secondary N) is 1. The zero-order valence-corrected chi connectivity index (χ0v) is 12.5. The number of amides is 1. The molecule has 6 heteroatoms. The summed E-state index contributed by atoms with van der Waals surface area (Å²) in [6.07, 6.45) is 4.98. The van der Waals surface area contributed by atoms with Gasteiger partial charge in [-0.25, -0.2) is 4.98 Å². The van der Waals surface area contributed by atoms with E-state index in [2.05, 4.69) is 17.2 Å². The molecule has 2 aromatic rings. The molecular weight excluding hydrogens is 282 g/mol. The van der Waals surface area contributed by atoms with Gasteiger partial charge in [-0.05, 0) is 17.7 Å². The molecule has 3 rings (SSSR count).